The molecule has 0 radical (unpaired) electrons. The molecule has 0 amide bonds. The van der Waals surface area contributed by atoms with Gasteiger partial charge >= 0.3 is 237 Å². The zero-order chi connectivity index (χ0) is 27.3. The Hall–Kier alpha value is -4.16. The van der Waals surface area contributed by atoms with Gasteiger partial charge in [-0.05, 0) is 0 Å². The first kappa shape index (κ1) is 28.4. The molecule has 0 saturated carbocycles. The molecule has 0 spiro atoms. The van der Waals surface area contributed by atoms with Gasteiger partial charge in [-0.3, -0.25) is 4.70 Å². The zero-order valence-electron chi connectivity index (χ0n) is 22.4. The molecule has 0 aliphatic heterocycles. The fourth-order valence-electron chi connectivity index (χ4n) is 5.49. The fourth-order valence-corrected chi connectivity index (χ4v) is 15.7. The van der Waals surface area contributed by atoms with Crippen molar-refractivity contribution in [3.63, 3.8) is 0 Å². The van der Waals surface area contributed by atoms with Gasteiger partial charge in [0.2, 0.25) is 0 Å². The van der Waals surface area contributed by atoms with Gasteiger partial charge in [0.1, 0.15) is 0 Å². The van der Waals surface area contributed by atoms with Gasteiger partial charge in [0, 0.05) is 0 Å². The van der Waals surface area contributed by atoms with Crippen molar-refractivity contribution in [1.82, 2.24) is 0 Å². The molecule has 6 aromatic rings. The molecule has 6 rings (SSSR count). The van der Waals surface area contributed by atoms with Crippen LogP contribution in [-0.4, -0.2) is 0 Å². The summed E-state index contributed by atoms with van der Waals surface area (Å²) in [6.07, 6.45) is 0. The van der Waals surface area contributed by atoms with Crippen LogP contribution in [0, 0.1) is 0 Å². The third kappa shape index (κ3) is 4.76. The van der Waals surface area contributed by atoms with Gasteiger partial charge in [0.15, 0.2) is 0 Å². The van der Waals surface area contributed by atoms with Crippen molar-refractivity contribution < 1.29 is 8.90 Å². The minimum absolute atomic E-state index is 0. The molecular weight excluding hydrogens is 546 g/mol. The quantitative estimate of drug-likeness (QED) is 0.173. The molecule has 0 aliphatic rings. The van der Waals surface area contributed by atoms with Crippen molar-refractivity contribution in [3.8, 4) is 0 Å². The average Bonchev–Trinajstić information content (AvgIpc) is 3.06. The van der Waals surface area contributed by atoms with Crippen molar-refractivity contribution in [2.24, 2.45) is 4.52 Å². The number of hydrogen-bond donors (Lipinski definition) is 0. The summed E-state index contributed by atoms with van der Waals surface area (Å²) in [4.78, 5) is 0. The van der Waals surface area contributed by atoms with Crippen molar-refractivity contribution in [1.29, 1.82) is 0 Å². The van der Waals surface area contributed by atoms with E-state index in [-0.39, 0.29) is 4.70 Å². The van der Waals surface area contributed by atoms with E-state index < -0.39 is 14.1 Å². The zero-order valence-corrected chi connectivity index (χ0v) is 24.2. The summed E-state index contributed by atoms with van der Waals surface area (Å²) in [6, 6.07) is 59.7. The molecule has 0 bridgehead atoms. The van der Waals surface area contributed by atoms with E-state index in [1.807, 2.05) is 146 Å². The van der Waals surface area contributed by atoms with Gasteiger partial charge in [-0.25, -0.2) is 0 Å². The van der Waals surface area contributed by atoms with E-state index in [0.29, 0.717) is 15.9 Å². The Morgan fingerprint density at radius 3 is 0.829 bits per heavy atom. The molecule has 0 saturated heterocycles. The summed E-state index contributed by atoms with van der Waals surface area (Å²) in [7, 11) is -7.90. The van der Waals surface area contributed by atoms with Gasteiger partial charge in [0.05, 0.1) is 0 Å². The molecular formula is C36H31F2NP2. The third-order valence-electron chi connectivity index (χ3n) is 7.37. The maximum absolute atomic E-state index is 19.9. The van der Waals surface area contributed by atoms with Crippen LogP contribution in [0.2, 0.25) is 0 Å². The Bertz CT molecular complexity index is 1550. The molecule has 5 heteroatoms. The van der Waals surface area contributed by atoms with Crippen molar-refractivity contribution in [3.05, 3.63) is 182 Å². The molecule has 6 aromatic carbocycles. The summed E-state index contributed by atoms with van der Waals surface area (Å²) < 4.78 is 25.8. The van der Waals surface area contributed by atoms with Gasteiger partial charge in [-0.2, -0.15) is 0 Å². The summed E-state index contributed by atoms with van der Waals surface area (Å²) >= 11 is 0. The topological polar surface area (TPSA) is 12.4 Å². The SMILES string of the molecule is F.FP(N=P(c1ccccc1)(c1ccccc1)c1ccccc1)(c1ccccc1)(c1ccccc1)c1ccccc1. The van der Waals surface area contributed by atoms with Crippen LogP contribution in [-0.2, 0) is 0 Å². The second-order valence-corrected chi connectivity index (χ2v) is 16.7. The first-order valence-corrected chi connectivity index (χ1v) is 17.2. The van der Waals surface area contributed by atoms with Crippen LogP contribution < -0.4 is 31.8 Å². The number of rotatable bonds is 7. The van der Waals surface area contributed by atoms with Gasteiger partial charge < -0.3 is 0 Å². The molecule has 0 aromatic heterocycles. The van der Waals surface area contributed by atoms with Crippen LogP contribution in [0.3, 0.4) is 0 Å². The first-order valence-electron chi connectivity index (χ1n) is 13.4. The van der Waals surface area contributed by atoms with E-state index >= 15 is 4.20 Å². The molecule has 41 heavy (non-hydrogen) atoms. The second-order valence-electron chi connectivity index (χ2n) is 9.70. The average molecular weight is 578 g/mol. The van der Waals surface area contributed by atoms with E-state index in [0.717, 1.165) is 15.9 Å². The van der Waals surface area contributed by atoms with E-state index in [1.54, 1.807) is 0 Å². The molecule has 0 atom stereocenters. The number of nitrogens with zero attached hydrogens (tertiary/aromatic N) is 1. The summed E-state index contributed by atoms with van der Waals surface area (Å²) in [5.74, 6) is 0. The molecule has 204 valence electrons. The number of hydrogen-bond acceptors (Lipinski definition) is 1. The molecule has 0 heterocycles. The third-order valence-corrected chi connectivity index (χ3v) is 16.6. The van der Waals surface area contributed by atoms with Crippen LogP contribution in [0.25, 0.3) is 0 Å². The van der Waals surface area contributed by atoms with Crippen molar-refractivity contribution in [2.45, 2.75) is 0 Å². The molecule has 0 unspecified atom stereocenters. The van der Waals surface area contributed by atoms with Gasteiger partial charge in [0.25, 0.3) is 0 Å². The van der Waals surface area contributed by atoms with Crippen molar-refractivity contribution in [2.75, 3.05) is 0 Å². The molecule has 0 fully saturated rings. The van der Waals surface area contributed by atoms with Crippen LogP contribution in [0.5, 0.6) is 0 Å². The Kier molecular flexibility index (Phi) is 8.13. The van der Waals surface area contributed by atoms with E-state index in [4.69, 9.17) is 4.52 Å². The summed E-state index contributed by atoms with van der Waals surface area (Å²) in [5, 5.41) is 4.83. The Morgan fingerprint density at radius 2 is 0.585 bits per heavy atom. The predicted molar refractivity (Wildman–Crippen MR) is 176 cm³/mol. The van der Waals surface area contributed by atoms with E-state index in [1.165, 1.54) is 0 Å². The van der Waals surface area contributed by atoms with Crippen LogP contribution in [0.4, 0.5) is 8.90 Å². The fraction of sp³-hybridized carbons (Fsp3) is 0. The second kappa shape index (κ2) is 11.8. The standard InChI is InChI=1S/C36H30FNP2.FH/c37-40(34-25-13-4-14-26-34,35-27-15-5-16-28-35,36-29-17-6-18-30-36)38-39(31-19-7-1-8-20-31,32-21-9-2-10-22-32)33-23-11-3-12-24-33;/h1-30H;1H. The Morgan fingerprint density at radius 1 is 0.366 bits per heavy atom. The number of halogens is 2. The van der Waals surface area contributed by atoms with E-state index in [2.05, 4.69) is 36.4 Å². The summed E-state index contributed by atoms with van der Waals surface area (Å²) in [5.41, 5.74) is 0. The molecule has 0 aliphatic carbocycles. The van der Waals surface area contributed by atoms with E-state index in [9.17, 15) is 0 Å². The Balaban J connectivity index is 0.00000337. The number of benzene rings is 6. The predicted octanol–water partition coefficient (Wildman–Crippen LogP) is 7.65. The minimum atomic E-state index is -4.97. The normalized spacial score (nSPS) is 12.4. The maximum atomic E-state index is 19.9. The van der Waals surface area contributed by atoms with Crippen LogP contribution in [0.15, 0.2) is 187 Å². The molecule has 1 nitrogen and oxygen atoms in total. The molecule has 0 N–H and O–H groups in total. The Labute approximate surface area is 240 Å². The monoisotopic (exact) mass is 577 g/mol. The van der Waals surface area contributed by atoms with Crippen LogP contribution >= 0.6 is 14.1 Å². The van der Waals surface area contributed by atoms with Crippen LogP contribution in [0.1, 0.15) is 0 Å². The first-order chi connectivity index (χ1) is 19.7. The van der Waals surface area contributed by atoms with Gasteiger partial charge in [-0.1, -0.05) is 0 Å². The van der Waals surface area contributed by atoms with Crippen molar-refractivity contribution >= 4 is 45.9 Å². The van der Waals surface area contributed by atoms with Gasteiger partial charge in [-0.15, -0.1) is 0 Å². The summed E-state index contributed by atoms with van der Waals surface area (Å²) in [6.45, 7) is 0.